The Morgan fingerprint density at radius 1 is 1.11 bits per heavy atom. The van der Waals surface area contributed by atoms with E-state index in [0.717, 1.165) is 6.07 Å². The van der Waals surface area contributed by atoms with Gasteiger partial charge < -0.3 is 5.43 Å². The second-order valence-electron chi connectivity index (χ2n) is 7.94. The Hall–Kier alpha value is -3.17. The van der Waals surface area contributed by atoms with Gasteiger partial charge >= 0.3 is 6.18 Å². The molecular formula is C25H29BF5N5S. The van der Waals surface area contributed by atoms with Crippen molar-refractivity contribution in [3.05, 3.63) is 84.1 Å². The number of nitrogens with one attached hydrogen (secondary N) is 2. The van der Waals surface area contributed by atoms with Gasteiger partial charge in [-0.25, -0.2) is 18.3 Å². The molecule has 2 N–H and O–H groups in total. The van der Waals surface area contributed by atoms with Gasteiger partial charge in [0, 0.05) is 42.3 Å². The summed E-state index contributed by atoms with van der Waals surface area (Å²) in [6.07, 6.45) is -3.20. The summed E-state index contributed by atoms with van der Waals surface area (Å²) >= 11 is 1.34. The molecule has 0 atom stereocenters. The van der Waals surface area contributed by atoms with E-state index in [4.69, 9.17) is 5.26 Å². The number of hydrogen-bond acceptors (Lipinski definition) is 6. The van der Waals surface area contributed by atoms with Gasteiger partial charge in [0.1, 0.15) is 17.3 Å². The van der Waals surface area contributed by atoms with Crippen LogP contribution in [0, 0.1) is 22.9 Å². The molecule has 0 unspecified atom stereocenters. The van der Waals surface area contributed by atoms with E-state index in [1.807, 2.05) is 19.3 Å². The van der Waals surface area contributed by atoms with Gasteiger partial charge in [-0.05, 0) is 36.9 Å². The summed E-state index contributed by atoms with van der Waals surface area (Å²) in [5.41, 5.74) is 4.08. The molecule has 0 radical (unpaired) electrons. The predicted octanol–water partition coefficient (Wildman–Crippen LogP) is 6.57. The average Bonchev–Trinajstić information content (AvgIpc) is 2.88. The highest BCUT2D eigenvalue weighted by Gasteiger charge is 2.32. The monoisotopic (exact) mass is 537 g/mol. The largest absolute Gasteiger partial charge is 0.432 e. The first-order valence-electron chi connectivity index (χ1n) is 11.7. The molecule has 37 heavy (non-hydrogen) atoms. The normalized spacial score (nSPS) is 13.6. The Labute approximate surface area is 219 Å². The molecule has 3 rings (SSSR count). The zero-order valence-electron chi connectivity index (χ0n) is 20.7. The molecule has 5 nitrogen and oxygen atoms in total. The second kappa shape index (κ2) is 14.0. The molecule has 1 fully saturated rings. The first kappa shape index (κ1) is 30.1. The second-order valence-corrected chi connectivity index (χ2v) is 9.06. The van der Waals surface area contributed by atoms with Gasteiger partial charge in [-0.2, -0.15) is 13.2 Å². The number of anilines is 1. The SMILES string of the molecule is C=C(NNC(=C)C(F)(F)F)c1ccc(CN(SN2CCB(C#N)CC2)c2cccc(F)c2)c(F)c1.CC. The van der Waals surface area contributed by atoms with Gasteiger partial charge in [0.05, 0.1) is 17.9 Å². The molecule has 12 heteroatoms. The summed E-state index contributed by atoms with van der Waals surface area (Å²) in [7, 11) is 0. The number of nitrogens with zero attached hydrogens (tertiary/aromatic N) is 3. The topological polar surface area (TPSA) is 54.3 Å². The molecule has 2 aromatic rings. The molecule has 0 amide bonds. The van der Waals surface area contributed by atoms with E-state index in [2.05, 4.69) is 28.9 Å². The standard InChI is InChI=1S/C23H23BF5N5S.C2H6/c1-16(31-32-17(2)23(27,28)29)18-6-7-19(22(26)12-18)14-34(21-5-3-4-20(25)13-21)35-33-10-8-24(15-30)9-11-33;1-2/h3-7,12-13,31-32H,1-2,8-11,14H2;1-2H3. The summed E-state index contributed by atoms with van der Waals surface area (Å²) < 4.78 is 70.4. The number of hydrazine groups is 1. The first-order chi connectivity index (χ1) is 17.6. The van der Waals surface area contributed by atoms with Crippen molar-refractivity contribution in [2.75, 3.05) is 17.4 Å². The quantitative estimate of drug-likeness (QED) is 0.163. The van der Waals surface area contributed by atoms with Crippen molar-refractivity contribution >= 4 is 30.2 Å². The molecule has 1 aliphatic heterocycles. The molecule has 198 valence electrons. The van der Waals surface area contributed by atoms with Gasteiger partial charge in [-0.15, -0.1) is 0 Å². The minimum Gasteiger partial charge on any atom is -0.301 e. The Morgan fingerprint density at radius 3 is 2.35 bits per heavy atom. The van der Waals surface area contributed by atoms with Gasteiger partial charge in [0.15, 0.2) is 0 Å². The minimum absolute atomic E-state index is 0.00366. The van der Waals surface area contributed by atoms with Crippen LogP contribution in [0.5, 0.6) is 0 Å². The number of benzene rings is 2. The maximum atomic E-state index is 15.0. The third-order valence-electron chi connectivity index (χ3n) is 5.37. The van der Waals surface area contributed by atoms with Crippen LogP contribution >= 0.6 is 12.1 Å². The van der Waals surface area contributed by atoms with E-state index in [0.29, 0.717) is 37.0 Å². The predicted molar refractivity (Wildman–Crippen MR) is 141 cm³/mol. The first-order valence-corrected chi connectivity index (χ1v) is 12.4. The molecule has 0 aliphatic carbocycles. The van der Waals surface area contributed by atoms with Crippen LogP contribution in [0.2, 0.25) is 12.6 Å². The van der Waals surface area contributed by atoms with E-state index >= 15 is 0 Å². The summed E-state index contributed by atoms with van der Waals surface area (Å²) in [5, 5.41) is 9.11. The molecular weight excluding hydrogens is 508 g/mol. The highest BCUT2D eigenvalue weighted by molar-refractivity contribution is 7.98. The third-order valence-corrected chi connectivity index (χ3v) is 6.50. The van der Waals surface area contributed by atoms with Crippen LogP contribution < -0.4 is 15.2 Å². The lowest BCUT2D eigenvalue weighted by Crippen LogP contribution is -2.35. The number of hydrogen-bond donors (Lipinski definition) is 2. The highest BCUT2D eigenvalue weighted by atomic mass is 32.2. The molecule has 0 bridgehead atoms. The Balaban J connectivity index is 0.00000235. The van der Waals surface area contributed by atoms with Crippen LogP contribution in [0.4, 0.5) is 27.6 Å². The maximum absolute atomic E-state index is 15.0. The van der Waals surface area contributed by atoms with Crippen molar-refractivity contribution in [1.82, 2.24) is 15.2 Å². The van der Waals surface area contributed by atoms with E-state index in [-0.39, 0.29) is 24.5 Å². The van der Waals surface area contributed by atoms with Crippen molar-refractivity contribution in [3.8, 4) is 5.97 Å². The number of allylic oxidation sites excluding steroid dienone is 1. The van der Waals surface area contributed by atoms with E-state index < -0.39 is 23.5 Å². The van der Waals surface area contributed by atoms with Crippen LogP contribution in [0.3, 0.4) is 0 Å². The minimum atomic E-state index is -4.63. The van der Waals surface area contributed by atoms with Crippen LogP contribution in [-0.2, 0) is 6.54 Å². The molecule has 2 aromatic carbocycles. The summed E-state index contributed by atoms with van der Waals surface area (Å²) in [4.78, 5) is 0. The molecule has 1 saturated heterocycles. The zero-order valence-corrected chi connectivity index (χ0v) is 21.5. The number of halogens is 5. The molecule has 1 heterocycles. The van der Waals surface area contributed by atoms with Gasteiger partial charge in [-0.1, -0.05) is 45.2 Å². The van der Waals surface area contributed by atoms with E-state index in [9.17, 15) is 22.0 Å². The van der Waals surface area contributed by atoms with Gasteiger partial charge in [0.25, 0.3) is 6.71 Å². The van der Waals surface area contributed by atoms with Crippen LogP contribution in [0.25, 0.3) is 5.70 Å². The number of alkyl halides is 3. The fourth-order valence-corrected chi connectivity index (χ4v) is 4.37. The van der Waals surface area contributed by atoms with Gasteiger partial charge in [-0.3, -0.25) is 9.73 Å². The summed E-state index contributed by atoms with van der Waals surface area (Å²) in [6, 6.07) is 10.2. The van der Waals surface area contributed by atoms with Crippen molar-refractivity contribution in [2.45, 2.75) is 39.2 Å². The van der Waals surface area contributed by atoms with Crippen LogP contribution in [-0.4, -0.2) is 30.3 Å². The fraction of sp³-hybridized carbons (Fsp3) is 0.320. The lowest BCUT2D eigenvalue weighted by molar-refractivity contribution is -0.0971. The highest BCUT2D eigenvalue weighted by Crippen LogP contribution is 2.31. The smallest absolute Gasteiger partial charge is 0.301 e. The van der Waals surface area contributed by atoms with Crippen molar-refractivity contribution < 1.29 is 22.0 Å². The van der Waals surface area contributed by atoms with Crippen LogP contribution in [0.1, 0.15) is 25.0 Å². The fourth-order valence-electron chi connectivity index (χ4n) is 3.32. The summed E-state index contributed by atoms with van der Waals surface area (Å²) in [6.45, 7) is 11.9. The van der Waals surface area contributed by atoms with Crippen LogP contribution in [0.15, 0.2) is 61.3 Å². The van der Waals surface area contributed by atoms with E-state index in [1.54, 1.807) is 16.4 Å². The van der Waals surface area contributed by atoms with Crippen molar-refractivity contribution in [1.29, 1.82) is 5.26 Å². The van der Waals surface area contributed by atoms with Crippen molar-refractivity contribution in [3.63, 3.8) is 0 Å². The molecule has 0 aromatic heterocycles. The Kier molecular flexibility index (Phi) is 11.3. The maximum Gasteiger partial charge on any atom is 0.432 e. The number of rotatable bonds is 9. The molecule has 0 spiro atoms. The zero-order chi connectivity index (χ0) is 27.6. The number of nitriles is 1. The lowest BCUT2D eigenvalue weighted by Gasteiger charge is -2.33. The van der Waals surface area contributed by atoms with E-state index in [1.165, 1.54) is 36.4 Å². The van der Waals surface area contributed by atoms with Crippen molar-refractivity contribution in [2.24, 2.45) is 0 Å². The lowest BCUT2D eigenvalue weighted by atomic mass is 9.45. The summed E-state index contributed by atoms with van der Waals surface area (Å²) in [5.74, 6) is 1.25. The van der Waals surface area contributed by atoms with Gasteiger partial charge in [0.2, 0.25) is 0 Å². The Bertz CT molecular complexity index is 1110. The molecule has 1 aliphatic rings. The average molecular weight is 537 g/mol. The molecule has 0 saturated carbocycles. The third kappa shape index (κ3) is 9.02. The Morgan fingerprint density at radius 2 is 1.78 bits per heavy atom.